The van der Waals surface area contributed by atoms with Gasteiger partial charge in [-0.3, -0.25) is 9.59 Å². The lowest BCUT2D eigenvalue weighted by Crippen LogP contribution is -2.36. The smallest absolute Gasteiger partial charge is 0.307 e. The summed E-state index contributed by atoms with van der Waals surface area (Å²) in [5.74, 6) is -1.75. The van der Waals surface area contributed by atoms with Gasteiger partial charge in [0.15, 0.2) is 0 Å². The second-order valence-electron chi connectivity index (χ2n) is 6.57. The molecule has 0 radical (unpaired) electrons. The van der Waals surface area contributed by atoms with Crippen LogP contribution in [0.25, 0.3) is 0 Å². The van der Waals surface area contributed by atoms with Crippen LogP contribution < -0.4 is 5.32 Å². The highest BCUT2D eigenvalue weighted by Crippen LogP contribution is 2.48. The van der Waals surface area contributed by atoms with Gasteiger partial charge in [0.05, 0.1) is 11.8 Å². The molecule has 2 N–H and O–H groups in total. The van der Waals surface area contributed by atoms with Crippen LogP contribution in [0.3, 0.4) is 0 Å². The Kier molecular flexibility index (Phi) is 3.77. The molecule has 0 heterocycles. The summed E-state index contributed by atoms with van der Waals surface area (Å²) in [6.07, 6.45) is 4.74. The molecule has 2 aliphatic rings. The number of hydrogen-bond acceptors (Lipinski definition) is 2. The molecule has 4 atom stereocenters. The summed E-state index contributed by atoms with van der Waals surface area (Å²) in [5.41, 5.74) is 1.86. The molecular weight excluding hydrogens is 278 g/mol. The van der Waals surface area contributed by atoms with E-state index in [1.807, 2.05) is 36.4 Å². The van der Waals surface area contributed by atoms with Crippen molar-refractivity contribution in [3.63, 3.8) is 0 Å². The third kappa shape index (κ3) is 2.43. The van der Waals surface area contributed by atoms with E-state index in [4.69, 9.17) is 0 Å². The van der Waals surface area contributed by atoms with Crippen molar-refractivity contribution in [1.82, 2.24) is 0 Å². The van der Waals surface area contributed by atoms with Crippen LogP contribution in [0.1, 0.15) is 31.7 Å². The van der Waals surface area contributed by atoms with Crippen molar-refractivity contribution in [3.8, 4) is 0 Å². The van der Waals surface area contributed by atoms with Gasteiger partial charge in [0.25, 0.3) is 0 Å². The monoisotopic (exact) mass is 299 g/mol. The lowest BCUT2D eigenvalue weighted by atomic mass is 9.82. The number of aliphatic carboxylic acids is 1. The predicted molar refractivity (Wildman–Crippen MR) is 84.5 cm³/mol. The largest absolute Gasteiger partial charge is 0.481 e. The zero-order valence-corrected chi connectivity index (χ0v) is 12.8. The first-order valence-corrected chi connectivity index (χ1v) is 7.80. The van der Waals surface area contributed by atoms with Crippen molar-refractivity contribution in [2.45, 2.75) is 26.2 Å². The summed E-state index contributed by atoms with van der Waals surface area (Å²) < 4.78 is 0. The van der Waals surface area contributed by atoms with Crippen LogP contribution in [-0.2, 0) is 9.59 Å². The lowest BCUT2D eigenvalue weighted by Gasteiger charge is -2.24. The maximum atomic E-state index is 12.7. The second-order valence-corrected chi connectivity index (χ2v) is 6.57. The zero-order chi connectivity index (χ0) is 15.9. The van der Waals surface area contributed by atoms with Gasteiger partial charge < -0.3 is 10.4 Å². The van der Waals surface area contributed by atoms with Crippen molar-refractivity contribution in [1.29, 1.82) is 0 Å². The SMILES string of the molecule is CC(C)c1ccccc1NC(=O)[C@@H]1[C@H](C(=O)O)[C@@H]2C=C[C@H]1C2. The van der Waals surface area contributed by atoms with E-state index in [1.54, 1.807) is 0 Å². The molecule has 0 unspecified atom stereocenters. The number of carbonyl (C=O) groups excluding carboxylic acids is 1. The van der Waals surface area contributed by atoms with Crippen LogP contribution in [0.2, 0.25) is 0 Å². The summed E-state index contributed by atoms with van der Waals surface area (Å²) in [7, 11) is 0. The Labute approximate surface area is 130 Å². The summed E-state index contributed by atoms with van der Waals surface area (Å²) in [6.45, 7) is 4.15. The van der Waals surface area contributed by atoms with Crippen molar-refractivity contribution in [2.24, 2.45) is 23.7 Å². The molecule has 1 saturated carbocycles. The number of hydrogen-bond donors (Lipinski definition) is 2. The van der Waals surface area contributed by atoms with Crippen molar-refractivity contribution in [3.05, 3.63) is 42.0 Å². The van der Waals surface area contributed by atoms with E-state index in [0.29, 0.717) is 5.92 Å². The Morgan fingerprint density at radius 1 is 1.14 bits per heavy atom. The normalized spacial score (nSPS) is 29.0. The van der Waals surface area contributed by atoms with Crippen molar-refractivity contribution >= 4 is 17.6 Å². The number of carbonyl (C=O) groups is 2. The minimum Gasteiger partial charge on any atom is -0.481 e. The third-order valence-electron chi connectivity index (χ3n) is 4.89. The molecule has 1 aromatic carbocycles. The van der Waals surface area contributed by atoms with Gasteiger partial charge in [-0.05, 0) is 35.8 Å². The predicted octanol–water partition coefficient (Wildman–Crippen LogP) is 3.27. The quantitative estimate of drug-likeness (QED) is 0.839. The van der Waals surface area contributed by atoms with Crippen LogP contribution in [0.5, 0.6) is 0 Å². The number of allylic oxidation sites excluding steroid dienone is 2. The van der Waals surface area contributed by atoms with E-state index in [9.17, 15) is 14.7 Å². The molecule has 2 bridgehead atoms. The second kappa shape index (κ2) is 5.59. The molecule has 4 heteroatoms. The number of rotatable bonds is 4. The summed E-state index contributed by atoms with van der Waals surface area (Å²) >= 11 is 0. The molecule has 0 spiro atoms. The zero-order valence-electron chi connectivity index (χ0n) is 12.8. The van der Waals surface area contributed by atoms with E-state index >= 15 is 0 Å². The van der Waals surface area contributed by atoms with E-state index in [0.717, 1.165) is 17.7 Å². The van der Waals surface area contributed by atoms with E-state index < -0.39 is 17.8 Å². The van der Waals surface area contributed by atoms with Crippen LogP contribution in [0.4, 0.5) is 5.69 Å². The maximum absolute atomic E-state index is 12.7. The lowest BCUT2D eigenvalue weighted by molar-refractivity contribution is -0.146. The molecular formula is C18H21NO3. The highest BCUT2D eigenvalue weighted by atomic mass is 16.4. The number of nitrogens with one attached hydrogen (secondary N) is 1. The number of anilines is 1. The van der Waals surface area contributed by atoms with Crippen molar-refractivity contribution in [2.75, 3.05) is 5.32 Å². The number of benzene rings is 1. The maximum Gasteiger partial charge on any atom is 0.307 e. The Morgan fingerprint density at radius 2 is 1.77 bits per heavy atom. The fourth-order valence-corrected chi connectivity index (χ4v) is 3.85. The molecule has 116 valence electrons. The molecule has 0 saturated heterocycles. The molecule has 0 aliphatic heterocycles. The molecule has 4 nitrogen and oxygen atoms in total. The van der Waals surface area contributed by atoms with E-state index in [-0.39, 0.29) is 17.7 Å². The standard InChI is InChI=1S/C18H21NO3/c1-10(2)13-5-3-4-6-14(13)19-17(20)15-11-7-8-12(9-11)16(15)18(21)22/h3-8,10-12,15-16H,9H2,1-2H3,(H,19,20)(H,21,22)/t11-,12+,15-,16+/m0/s1. The average Bonchev–Trinajstić information content (AvgIpc) is 3.08. The topological polar surface area (TPSA) is 66.4 Å². The van der Waals surface area contributed by atoms with Gasteiger partial charge >= 0.3 is 5.97 Å². The van der Waals surface area contributed by atoms with Crippen LogP contribution in [0.15, 0.2) is 36.4 Å². The number of para-hydroxylation sites is 1. The van der Waals surface area contributed by atoms with Gasteiger partial charge in [-0.15, -0.1) is 0 Å². The highest BCUT2D eigenvalue weighted by molar-refractivity contribution is 5.97. The van der Waals surface area contributed by atoms with Gasteiger partial charge in [0, 0.05) is 5.69 Å². The van der Waals surface area contributed by atoms with E-state index in [1.165, 1.54) is 0 Å². The van der Waals surface area contributed by atoms with E-state index in [2.05, 4.69) is 19.2 Å². The first-order chi connectivity index (χ1) is 10.5. The van der Waals surface area contributed by atoms with Crippen molar-refractivity contribution < 1.29 is 14.7 Å². The third-order valence-corrected chi connectivity index (χ3v) is 4.89. The van der Waals surface area contributed by atoms with Crippen LogP contribution in [-0.4, -0.2) is 17.0 Å². The summed E-state index contributed by atoms with van der Waals surface area (Å²) in [6, 6.07) is 7.71. The summed E-state index contributed by atoms with van der Waals surface area (Å²) in [4.78, 5) is 24.2. The average molecular weight is 299 g/mol. The van der Waals surface area contributed by atoms with Gasteiger partial charge in [-0.1, -0.05) is 44.2 Å². The molecule has 1 amide bonds. The fraction of sp³-hybridized carbons (Fsp3) is 0.444. The van der Waals surface area contributed by atoms with Crippen LogP contribution in [0, 0.1) is 23.7 Å². The van der Waals surface area contributed by atoms with Gasteiger partial charge in [-0.25, -0.2) is 0 Å². The van der Waals surface area contributed by atoms with Gasteiger partial charge in [-0.2, -0.15) is 0 Å². The Balaban J connectivity index is 1.83. The molecule has 1 aromatic rings. The first-order valence-electron chi connectivity index (χ1n) is 7.80. The Bertz CT molecular complexity index is 635. The molecule has 3 rings (SSSR count). The minimum atomic E-state index is -0.867. The van der Waals surface area contributed by atoms with Gasteiger partial charge in [0.1, 0.15) is 0 Å². The fourth-order valence-electron chi connectivity index (χ4n) is 3.85. The minimum absolute atomic E-state index is 0.00130. The van der Waals surface area contributed by atoms with Crippen LogP contribution >= 0.6 is 0 Å². The summed E-state index contributed by atoms with van der Waals surface area (Å²) in [5, 5.41) is 12.4. The van der Waals surface area contributed by atoms with Gasteiger partial charge in [0.2, 0.25) is 5.91 Å². The number of carboxylic acid groups (broad SMARTS) is 1. The Morgan fingerprint density at radius 3 is 2.41 bits per heavy atom. The number of fused-ring (bicyclic) bond motifs is 2. The number of amides is 1. The molecule has 1 fully saturated rings. The first kappa shape index (κ1) is 14.8. The number of carboxylic acids is 1. The highest BCUT2D eigenvalue weighted by Gasteiger charge is 2.51. The molecule has 0 aromatic heterocycles. The Hall–Kier alpha value is -2.10. The molecule has 22 heavy (non-hydrogen) atoms. The molecule has 2 aliphatic carbocycles.